The molecule has 1 N–H and O–H groups in total. The number of nitrogens with zero attached hydrogens (tertiary/aromatic N) is 2. The first-order valence-electron chi connectivity index (χ1n) is 9.13. The number of thiazole rings is 1. The quantitative estimate of drug-likeness (QED) is 0.842. The third kappa shape index (κ3) is 4.52. The maximum absolute atomic E-state index is 12.6. The zero-order chi connectivity index (χ0) is 18.5. The van der Waals surface area contributed by atoms with Gasteiger partial charge >= 0.3 is 0 Å². The highest BCUT2D eigenvalue weighted by Gasteiger charge is 2.28. The van der Waals surface area contributed by atoms with Crippen molar-refractivity contribution in [3.63, 3.8) is 0 Å². The first-order valence-corrected chi connectivity index (χ1v) is 10.0. The summed E-state index contributed by atoms with van der Waals surface area (Å²) < 4.78 is 5.58. The molecule has 3 rings (SSSR count). The van der Waals surface area contributed by atoms with Crippen LogP contribution in [0.15, 0.2) is 21.9 Å². The summed E-state index contributed by atoms with van der Waals surface area (Å²) >= 11 is 1.48. The molecule has 1 atom stereocenters. The van der Waals surface area contributed by atoms with Gasteiger partial charge in [0.2, 0.25) is 11.8 Å². The molecule has 0 aromatic carbocycles. The van der Waals surface area contributed by atoms with E-state index in [-0.39, 0.29) is 24.2 Å². The molecule has 140 valence electrons. The highest BCUT2D eigenvalue weighted by atomic mass is 32.1. The number of likely N-dealkylation sites (tertiary alicyclic amines) is 1. The Morgan fingerprint density at radius 2 is 2.27 bits per heavy atom. The Balaban J connectivity index is 1.57. The van der Waals surface area contributed by atoms with Gasteiger partial charge in [-0.15, -0.1) is 11.3 Å². The number of aromatic nitrogens is 1. The van der Waals surface area contributed by atoms with Crippen molar-refractivity contribution in [3.8, 4) is 10.8 Å². The van der Waals surface area contributed by atoms with Crippen LogP contribution in [0, 0.1) is 12.8 Å². The Morgan fingerprint density at radius 1 is 1.42 bits per heavy atom. The summed E-state index contributed by atoms with van der Waals surface area (Å²) in [5, 5.41) is 5.63. The van der Waals surface area contributed by atoms with Crippen molar-refractivity contribution < 1.29 is 14.0 Å². The molecule has 1 aliphatic heterocycles. The smallest absolute Gasteiger partial charge is 0.228 e. The van der Waals surface area contributed by atoms with Gasteiger partial charge in [-0.3, -0.25) is 9.59 Å². The van der Waals surface area contributed by atoms with Crippen molar-refractivity contribution in [2.75, 3.05) is 19.6 Å². The number of rotatable bonds is 6. The summed E-state index contributed by atoms with van der Waals surface area (Å²) in [6, 6.07) is 3.79. The average Bonchev–Trinajstić information content (AvgIpc) is 3.28. The van der Waals surface area contributed by atoms with Crippen LogP contribution >= 0.6 is 11.3 Å². The lowest BCUT2D eigenvalue weighted by molar-refractivity contribution is -0.135. The van der Waals surface area contributed by atoms with E-state index in [9.17, 15) is 9.59 Å². The fourth-order valence-corrected chi connectivity index (χ4v) is 3.91. The van der Waals surface area contributed by atoms with Crippen molar-refractivity contribution in [1.29, 1.82) is 0 Å². The Labute approximate surface area is 157 Å². The Bertz CT molecular complexity index is 768. The van der Waals surface area contributed by atoms with Gasteiger partial charge in [-0.25, -0.2) is 4.98 Å². The lowest BCUT2D eigenvalue weighted by Gasteiger charge is -2.32. The number of hydrogen-bond acceptors (Lipinski definition) is 5. The highest BCUT2D eigenvalue weighted by Crippen LogP contribution is 2.26. The van der Waals surface area contributed by atoms with Gasteiger partial charge in [0.15, 0.2) is 10.8 Å². The fourth-order valence-electron chi connectivity index (χ4n) is 3.13. The topological polar surface area (TPSA) is 75.4 Å². The molecule has 6 nitrogen and oxygen atoms in total. The second-order valence-corrected chi connectivity index (χ2v) is 7.56. The van der Waals surface area contributed by atoms with Gasteiger partial charge in [0.25, 0.3) is 0 Å². The molecule has 1 unspecified atom stereocenters. The number of hydrogen-bond donors (Lipinski definition) is 1. The zero-order valence-corrected chi connectivity index (χ0v) is 16.1. The molecule has 2 amide bonds. The highest BCUT2D eigenvalue weighted by molar-refractivity contribution is 7.13. The standard InChI is InChI=1S/C19H25N3O3S/c1-3-8-20-18(24)14-5-4-9-22(11-14)17(23)10-15-12-26-19(21-15)16-7-6-13(2)25-16/h6-7,12,14H,3-5,8-11H2,1-2H3,(H,20,24). The second-order valence-electron chi connectivity index (χ2n) is 6.70. The number of nitrogens with one attached hydrogen (secondary N) is 1. The number of furan rings is 1. The molecule has 0 saturated carbocycles. The third-order valence-electron chi connectivity index (χ3n) is 4.53. The number of piperidine rings is 1. The fraction of sp³-hybridized carbons (Fsp3) is 0.526. The van der Waals surface area contributed by atoms with Gasteiger partial charge in [-0.1, -0.05) is 6.92 Å². The molecule has 0 spiro atoms. The van der Waals surface area contributed by atoms with Crippen molar-refractivity contribution >= 4 is 23.2 Å². The van der Waals surface area contributed by atoms with Crippen LogP contribution in [0.1, 0.15) is 37.6 Å². The molecule has 2 aromatic rings. The van der Waals surface area contributed by atoms with Crippen LogP contribution in [0.25, 0.3) is 10.8 Å². The molecule has 3 heterocycles. The van der Waals surface area contributed by atoms with Gasteiger partial charge < -0.3 is 14.6 Å². The number of carbonyl (C=O) groups excluding carboxylic acids is 2. The lowest BCUT2D eigenvalue weighted by atomic mass is 9.96. The van der Waals surface area contributed by atoms with Gasteiger partial charge in [0, 0.05) is 25.0 Å². The van der Waals surface area contributed by atoms with E-state index in [1.165, 1.54) is 11.3 Å². The van der Waals surface area contributed by atoms with E-state index in [0.717, 1.165) is 41.5 Å². The van der Waals surface area contributed by atoms with Crippen molar-refractivity contribution in [1.82, 2.24) is 15.2 Å². The maximum Gasteiger partial charge on any atom is 0.228 e. The lowest BCUT2D eigenvalue weighted by Crippen LogP contribution is -2.46. The summed E-state index contributed by atoms with van der Waals surface area (Å²) in [5.41, 5.74) is 0.751. The Kier molecular flexibility index (Phi) is 6.08. The summed E-state index contributed by atoms with van der Waals surface area (Å²) in [6.45, 7) is 5.83. The van der Waals surface area contributed by atoms with Crippen LogP contribution in [0.5, 0.6) is 0 Å². The predicted molar refractivity (Wildman–Crippen MR) is 101 cm³/mol. The first kappa shape index (κ1) is 18.6. The van der Waals surface area contributed by atoms with Crippen LogP contribution in [0.2, 0.25) is 0 Å². The monoisotopic (exact) mass is 375 g/mol. The Morgan fingerprint density at radius 3 is 3.00 bits per heavy atom. The summed E-state index contributed by atoms with van der Waals surface area (Å²) in [7, 11) is 0. The minimum Gasteiger partial charge on any atom is -0.459 e. The molecule has 2 aromatic heterocycles. The van der Waals surface area contributed by atoms with Crippen molar-refractivity contribution in [2.45, 2.75) is 39.5 Å². The van der Waals surface area contributed by atoms with E-state index < -0.39 is 0 Å². The first-order chi connectivity index (χ1) is 12.6. The summed E-state index contributed by atoms with van der Waals surface area (Å²) in [6.07, 6.45) is 2.89. The minimum atomic E-state index is -0.101. The average molecular weight is 375 g/mol. The van der Waals surface area contributed by atoms with Crippen molar-refractivity contribution in [2.24, 2.45) is 5.92 Å². The number of carbonyl (C=O) groups is 2. The molecule has 0 aliphatic carbocycles. The van der Waals surface area contributed by atoms with E-state index in [0.29, 0.717) is 19.6 Å². The normalized spacial score (nSPS) is 17.3. The molecule has 7 heteroatoms. The van der Waals surface area contributed by atoms with E-state index in [1.807, 2.05) is 31.4 Å². The number of amides is 2. The number of aryl methyl sites for hydroxylation is 1. The maximum atomic E-state index is 12.6. The molecular weight excluding hydrogens is 350 g/mol. The van der Waals surface area contributed by atoms with Crippen LogP contribution in [-0.2, 0) is 16.0 Å². The van der Waals surface area contributed by atoms with Crippen LogP contribution in [-0.4, -0.2) is 41.3 Å². The van der Waals surface area contributed by atoms with E-state index in [2.05, 4.69) is 10.3 Å². The van der Waals surface area contributed by atoms with E-state index in [1.54, 1.807) is 4.90 Å². The van der Waals surface area contributed by atoms with E-state index in [4.69, 9.17) is 4.42 Å². The molecule has 1 fully saturated rings. The zero-order valence-electron chi connectivity index (χ0n) is 15.3. The largest absolute Gasteiger partial charge is 0.459 e. The molecular formula is C19H25N3O3S. The third-order valence-corrected chi connectivity index (χ3v) is 5.44. The molecule has 0 radical (unpaired) electrons. The van der Waals surface area contributed by atoms with Gasteiger partial charge in [-0.05, 0) is 38.3 Å². The van der Waals surface area contributed by atoms with Crippen LogP contribution in [0.3, 0.4) is 0 Å². The van der Waals surface area contributed by atoms with E-state index >= 15 is 0 Å². The van der Waals surface area contributed by atoms with Gasteiger partial charge in [0.05, 0.1) is 18.0 Å². The summed E-state index contributed by atoms with van der Waals surface area (Å²) in [5.74, 6) is 1.57. The van der Waals surface area contributed by atoms with Crippen molar-refractivity contribution in [3.05, 3.63) is 29.0 Å². The van der Waals surface area contributed by atoms with Gasteiger partial charge in [0.1, 0.15) is 5.76 Å². The summed E-state index contributed by atoms with van der Waals surface area (Å²) in [4.78, 5) is 31.1. The molecule has 1 aliphatic rings. The van der Waals surface area contributed by atoms with Gasteiger partial charge in [-0.2, -0.15) is 0 Å². The molecule has 0 bridgehead atoms. The Hall–Kier alpha value is -2.15. The van der Waals surface area contributed by atoms with Crippen LogP contribution in [0.4, 0.5) is 0 Å². The molecule has 1 saturated heterocycles. The molecule has 26 heavy (non-hydrogen) atoms. The van der Waals surface area contributed by atoms with Crippen LogP contribution < -0.4 is 5.32 Å². The predicted octanol–water partition coefficient (Wildman–Crippen LogP) is 3.02. The minimum absolute atomic E-state index is 0.0328. The second kappa shape index (κ2) is 8.49. The SMILES string of the molecule is CCCNC(=O)C1CCCN(C(=O)Cc2csc(-c3ccc(C)o3)n2)C1.